The summed E-state index contributed by atoms with van der Waals surface area (Å²) in [5, 5.41) is 3.88. The number of amides is 1. The number of hydrogen-bond acceptors (Lipinski definition) is 5. The number of rotatable bonds is 5. The van der Waals surface area contributed by atoms with Crippen LogP contribution in [0.1, 0.15) is 5.56 Å². The Morgan fingerprint density at radius 3 is 2.65 bits per heavy atom. The number of aryl methyl sites for hydroxylation is 1. The Labute approximate surface area is 177 Å². The van der Waals surface area contributed by atoms with Gasteiger partial charge in [0.25, 0.3) is 11.4 Å². The Hall–Kier alpha value is -4.07. The zero-order chi connectivity index (χ0) is 22.0. The average molecular weight is 418 g/mol. The maximum Gasteiger partial charge on any atom is 0.274 e. The van der Waals surface area contributed by atoms with Crippen molar-refractivity contribution in [3.05, 3.63) is 88.5 Å². The fourth-order valence-electron chi connectivity index (χ4n) is 3.16. The van der Waals surface area contributed by atoms with Crippen molar-refractivity contribution in [1.29, 1.82) is 0 Å². The first-order valence-electron chi connectivity index (χ1n) is 9.55. The van der Waals surface area contributed by atoms with E-state index in [0.29, 0.717) is 11.3 Å². The highest BCUT2D eigenvalue weighted by atomic mass is 19.1. The van der Waals surface area contributed by atoms with Gasteiger partial charge in [0.05, 0.1) is 0 Å². The van der Waals surface area contributed by atoms with Crippen LogP contribution < -0.4 is 10.5 Å². The molecule has 0 radical (unpaired) electrons. The summed E-state index contributed by atoms with van der Waals surface area (Å²) >= 11 is 0. The van der Waals surface area contributed by atoms with Gasteiger partial charge in [-0.25, -0.2) is 4.39 Å². The highest BCUT2D eigenvalue weighted by Crippen LogP contribution is 2.22. The topological polar surface area (TPSA) is 81.2 Å². The van der Waals surface area contributed by atoms with Crippen LogP contribution in [0.2, 0.25) is 0 Å². The van der Waals surface area contributed by atoms with Crippen molar-refractivity contribution >= 4 is 11.6 Å². The lowest BCUT2D eigenvalue weighted by atomic mass is 10.2. The minimum atomic E-state index is -0.426. The SMILES string of the molecule is Cc1cccc(N(C)C(=O)Cn2c(-c3nc(-c4cccc(F)c4)no3)cccc2=O)c1. The first-order valence-corrected chi connectivity index (χ1v) is 9.55. The van der Waals surface area contributed by atoms with E-state index in [1.165, 1.54) is 27.7 Å². The van der Waals surface area contributed by atoms with E-state index >= 15 is 0 Å². The highest BCUT2D eigenvalue weighted by Gasteiger charge is 2.19. The molecule has 4 rings (SSSR count). The van der Waals surface area contributed by atoms with Gasteiger partial charge in [0.1, 0.15) is 18.1 Å². The standard InChI is InChI=1S/C23H19FN4O3/c1-15-6-3-9-18(12-15)27(2)21(30)14-28-19(10-5-11-20(28)29)23-25-22(26-31-23)16-7-4-8-17(24)13-16/h3-13H,14H2,1-2H3. The molecule has 0 saturated heterocycles. The van der Waals surface area contributed by atoms with Crippen molar-refractivity contribution in [1.82, 2.24) is 14.7 Å². The maximum atomic E-state index is 13.5. The van der Waals surface area contributed by atoms with Gasteiger partial charge in [0.15, 0.2) is 0 Å². The predicted molar refractivity (Wildman–Crippen MR) is 114 cm³/mol. The third-order valence-electron chi connectivity index (χ3n) is 4.83. The number of nitrogens with zero attached hydrogens (tertiary/aromatic N) is 4. The molecule has 2 aromatic heterocycles. The number of anilines is 1. The molecule has 1 amide bonds. The normalized spacial score (nSPS) is 10.8. The second-order valence-electron chi connectivity index (χ2n) is 7.06. The molecule has 156 valence electrons. The lowest BCUT2D eigenvalue weighted by Crippen LogP contribution is -2.34. The number of aromatic nitrogens is 3. The second-order valence-corrected chi connectivity index (χ2v) is 7.06. The molecule has 0 aliphatic carbocycles. The van der Waals surface area contributed by atoms with Crippen LogP contribution in [0.25, 0.3) is 23.0 Å². The van der Waals surface area contributed by atoms with E-state index in [1.807, 2.05) is 31.2 Å². The molecule has 0 atom stereocenters. The third-order valence-corrected chi connectivity index (χ3v) is 4.83. The predicted octanol–water partition coefficient (Wildman–Crippen LogP) is 3.68. The Morgan fingerprint density at radius 2 is 1.87 bits per heavy atom. The molecule has 8 heteroatoms. The Kier molecular flexibility index (Phi) is 5.44. The van der Waals surface area contributed by atoms with E-state index in [1.54, 1.807) is 31.3 Å². The Morgan fingerprint density at radius 1 is 1.10 bits per heavy atom. The minimum absolute atomic E-state index is 0.0583. The van der Waals surface area contributed by atoms with E-state index in [0.717, 1.165) is 11.3 Å². The summed E-state index contributed by atoms with van der Waals surface area (Å²) in [6.07, 6.45) is 0. The third kappa shape index (κ3) is 4.28. The van der Waals surface area contributed by atoms with Gasteiger partial charge >= 0.3 is 0 Å². The van der Waals surface area contributed by atoms with Gasteiger partial charge in [0, 0.05) is 24.4 Å². The van der Waals surface area contributed by atoms with E-state index in [2.05, 4.69) is 10.1 Å². The van der Waals surface area contributed by atoms with Gasteiger partial charge in [-0.15, -0.1) is 0 Å². The lowest BCUT2D eigenvalue weighted by Gasteiger charge is -2.19. The number of halogens is 1. The van der Waals surface area contributed by atoms with Crippen LogP contribution in [0, 0.1) is 12.7 Å². The average Bonchev–Trinajstić information content (AvgIpc) is 3.24. The Balaban J connectivity index is 1.65. The van der Waals surface area contributed by atoms with Crippen LogP contribution >= 0.6 is 0 Å². The van der Waals surface area contributed by atoms with Crippen molar-refractivity contribution in [2.45, 2.75) is 13.5 Å². The quantitative estimate of drug-likeness (QED) is 0.494. The van der Waals surface area contributed by atoms with Crippen LogP contribution in [0.5, 0.6) is 0 Å². The maximum absolute atomic E-state index is 13.5. The number of likely N-dealkylation sites (N-methyl/N-ethyl adjacent to an activating group) is 1. The molecule has 0 aliphatic rings. The summed E-state index contributed by atoms with van der Waals surface area (Å²) in [7, 11) is 1.65. The van der Waals surface area contributed by atoms with Crippen LogP contribution in [-0.2, 0) is 11.3 Å². The lowest BCUT2D eigenvalue weighted by molar-refractivity contribution is -0.118. The molecule has 0 fully saturated rings. The van der Waals surface area contributed by atoms with Gasteiger partial charge in [-0.1, -0.05) is 35.5 Å². The van der Waals surface area contributed by atoms with Crippen molar-refractivity contribution in [2.24, 2.45) is 0 Å². The molecule has 0 saturated carbocycles. The first kappa shape index (κ1) is 20.2. The molecule has 2 heterocycles. The number of carbonyl (C=O) groups is 1. The highest BCUT2D eigenvalue weighted by molar-refractivity contribution is 5.93. The summed E-state index contributed by atoms with van der Waals surface area (Å²) in [6, 6.07) is 17.8. The van der Waals surface area contributed by atoms with Gasteiger partial charge in [-0.05, 0) is 42.8 Å². The molecule has 0 spiro atoms. The number of pyridine rings is 1. The fourth-order valence-corrected chi connectivity index (χ4v) is 3.16. The largest absolute Gasteiger partial charge is 0.332 e. The number of carbonyl (C=O) groups excluding carboxylic acids is 1. The Bertz CT molecular complexity index is 1310. The van der Waals surface area contributed by atoms with E-state index in [-0.39, 0.29) is 29.7 Å². The van der Waals surface area contributed by atoms with Crippen LogP contribution in [0.4, 0.5) is 10.1 Å². The molecule has 2 aromatic carbocycles. The van der Waals surface area contributed by atoms with E-state index in [4.69, 9.17) is 4.52 Å². The monoisotopic (exact) mass is 418 g/mol. The smallest absolute Gasteiger partial charge is 0.274 e. The van der Waals surface area contributed by atoms with Crippen molar-refractivity contribution in [3.8, 4) is 23.0 Å². The summed E-state index contributed by atoms with van der Waals surface area (Å²) in [6.45, 7) is 1.73. The van der Waals surface area contributed by atoms with Crippen molar-refractivity contribution in [2.75, 3.05) is 11.9 Å². The number of benzene rings is 2. The molecular weight excluding hydrogens is 399 g/mol. The van der Waals surface area contributed by atoms with E-state index < -0.39 is 5.82 Å². The van der Waals surface area contributed by atoms with Crippen LogP contribution in [0.15, 0.2) is 76.0 Å². The van der Waals surface area contributed by atoms with Crippen molar-refractivity contribution < 1.29 is 13.7 Å². The molecule has 4 aromatic rings. The number of hydrogen-bond donors (Lipinski definition) is 0. The van der Waals surface area contributed by atoms with Gasteiger partial charge < -0.3 is 9.42 Å². The van der Waals surface area contributed by atoms with Crippen molar-refractivity contribution in [3.63, 3.8) is 0 Å². The van der Waals surface area contributed by atoms with Gasteiger partial charge in [0.2, 0.25) is 11.7 Å². The minimum Gasteiger partial charge on any atom is -0.332 e. The molecule has 31 heavy (non-hydrogen) atoms. The molecule has 0 N–H and O–H groups in total. The van der Waals surface area contributed by atoms with Gasteiger partial charge in [-0.2, -0.15) is 4.98 Å². The summed E-state index contributed by atoms with van der Waals surface area (Å²) in [4.78, 5) is 31.2. The molecule has 7 nitrogen and oxygen atoms in total. The molecular formula is C23H19FN4O3. The molecule has 0 aliphatic heterocycles. The van der Waals surface area contributed by atoms with Crippen LogP contribution in [0.3, 0.4) is 0 Å². The summed E-state index contributed by atoms with van der Waals surface area (Å²) < 4.78 is 20.1. The first-order chi connectivity index (χ1) is 14.9. The molecule has 0 bridgehead atoms. The van der Waals surface area contributed by atoms with E-state index in [9.17, 15) is 14.0 Å². The zero-order valence-electron chi connectivity index (χ0n) is 16.9. The van der Waals surface area contributed by atoms with Gasteiger partial charge in [-0.3, -0.25) is 14.2 Å². The molecule has 0 unspecified atom stereocenters. The summed E-state index contributed by atoms with van der Waals surface area (Å²) in [5.74, 6) is -0.473. The fraction of sp³-hybridized carbons (Fsp3) is 0.130. The zero-order valence-corrected chi connectivity index (χ0v) is 16.9. The second kappa shape index (κ2) is 8.35. The summed E-state index contributed by atoms with van der Waals surface area (Å²) in [5.41, 5.74) is 2.10. The van der Waals surface area contributed by atoms with Crippen LogP contribution in [-0.4, -0.2) is 27.7 Å².